The highest BCUT2D eigenvalue weighted by molar-refractivity contribution is 7.98. The highest BCUT2D eigenvalue weighted by Gasteiger charge is 2.15. The number of thioether (sulfide) groups is 1. The number of rotatable bonds is 6. The molecule has 21 heavy (non-hydrogen) atoms. The van der Waals surface area contributed by atoms with Crippen molar-refractivity contribution in [1.29, 1.82) is 0 Å². The van der Waals surface area contributed by atoms with Crippen LogP contribution in [0.25, 0.3) is 15.5 Å². The SMILES string of the molecule is CCCSCc1nnc2sc(-c3ccccc3OC)nn12. The number of para-hydroxylation sites is 1. The Labute approximate surface area is 131 Å². The predicted molar refractivity (Wildman–Crippen MR) is 87.1 cm³/mol. The summed E-state index contributed by atoms with van der Waals surface area (Å²) in [6, 6.07) is 7.89. The first-order chi connectivity index (χ1) is 10.3. The van der Waals surface area contributed by atoms with Crippen molar-refractivity contribution >= 4 is 28.1 Å². The van der Waals surface area contributed by atoms with Crippen molar-refractivity contribution < 1.29 is 4.74 Å². The van der Waals surface area contributed by atoms with Gasteiger partial charge >= 0.3 is 0 Å². The third-order valence-electron chi connectivity index (χ3n) is 2.97. The minimum Gasteiger partial charge on any atom is -0.496 e. The summed E-state index contributed by atoms with van der Waals surface area (Å²) in [7, 11) is 1.67. The molecule has 0 aliphatic carbocycles. The van der Waals surface area contributed by atoms with Gasteiger partial charge in [0.1, 0.15) is 5.75 Å². The topological polar surface area (TPSA) is 52.3 Å². The molecular formula is C14H16N4OS2. The maximum absolute atomic E-state index is 5.40. The Balaban J connectivity index is 1.94. The minimum atomic E-state index is 0.822. The van der Waals surface area contributed by atoms with Crippen LogP contribution in [0.3, 0.4) is 0 Å². The summed E-state index contributed by atoms with van der Waals surface area (Å²) >= 11 is 3.38. The largest absolute Gasteiger partial charge is 0.496 e. The summed E-state index contributed by atoms with van der Waals surface area (Å²) in [5.41, 5.74) is 0.989. The Hall–Kier alpha value is -1.60. The van der Waals surface area contributed by atoms with E-state index in [0.717, 1.165) is 45.0 Å². The normalized spacial score (nSPS) is 11.1. The number of benzene rings is 1. The molecule has 0 N–H and O–H groups in total. The van der Waals surface area contributed by atoms with Crippen molar-refractivity contribution in [3.8, 4) is 16.3 Å². The molecule has 0 atom stereocenters. The number of fused-ring (bicyclic) bond motifs is 1. The van der Waals surface area contributed by atoms with Gasteiger partial charge < -0.3 is 4.74 Å². The summed E-state index contributed by atoms with van der Waals surface area (Å²) in [6.45, 7) is 2.18. The highest BCUT2D eigenvalue weighted by atomic mass is 32.2. The molecule has 0 aliphatic heterocycles. The third-order valence-corrected chi connectivity index (χ3v) is 5.06. The van der Waals surface area contributed by atoms with Crippen molar-refractivity contribution in [2.75, 3.05) is 12.9 Å². The first-order valence-corrected chi connectivity index (χ1v) is 8.73. The highest BCUT2D eigenvalue weighted by Crippen LogP contribution is 2.32. The lowest BCUT2D eigenvalue weighted by Gasteiger charge is -2.04. The van der Waals surface area contributed by atoms with Gasteiger partial charge in [-0.3, -0.25) is 0 Å². The maximum atomic E-state index is 5.40. The Morgan fingerprint density at radius 1 is 1.29 bits per heavy atom. The van der Waals surface area contributed by atoms with E-state index in [0.29, 0.717) is 0 Å². The average molecular weight is 320 g/mol. The van der Waals surface area contributed by atoms with Gasteiger partial charge in [0.15, 0.2) is 10.8 Å². The molecule has 0 bridgehead atoms. The second kappa shape index (κ2) is 6.44. The van der Waals surface area contributed by atoms with E-state index in [1.54, 1.807) is 7.11 Å². The monoisotopic (exact) mass is 320 g/mol. The number of ether oxygens (including phenoxy) is 1. The molecule has 7 heteroatoms. The Bertz CT molecular complexity index is 737. The molecule has 0 radical (unpaired) electrons. The fourth-order valence-corrected chi connectivity index (χ4v) is 3.67. The van der Waals surface area contributed by atoms with E-state index in [9.17, 15) is 0 Å². The van der Waals surface area contributed by atoms with Crippen molar-refractivity contribution in [3.05, 3.63) is 30.1 Å². The lowest BCUT2D eigenvalue weighted by Crippen LogP contribution is -1.95. The summed E-state index contributed by atoms with van der Waals surface area (Å²) < 4.78 is 7.24. The van der Waals surface area contributed by atoms with Gasteiger partial charge in [-0.2, -0.15) is 21.4 Å². The first-order valence-electron chi connectivity index (χ1n) is 6.75. The van der Waals surface area contributed by atoms with Crippen LogP contribution in [0, 0.1) is 0 Å². The van der Waals surface area contributed by atoms with Gasteiger partial charge in [-0.05, 0) is 24.3 Å². The summed E-state index contributed by atoms with van der Waals surface area (Å²) in [6.07, 6.45) is 1.16. The summed E-state index contributed by atoms with van der Waals surface area (Å²) in [4.78, 5) is 0.822. The fourth-order valence-electron chi connectivity index (χ4n) is 1.99. The van der Waals surface area contributed by atoms with Crippen molar-refractivity contribution in [1.82, 2.24) is 19.8 Å². The zero-order valence-corrected chi connectivity index (χ0v) is 13.6. The van der Waals surface area contributed by atoms with E-state index < -0.39 is 0 Å². The number of hydrogen-bond donors (Lipinski definition) is 0. The van der Waals surface area contributed by atoms with Crippen LogP contribution in [0.1, 0.15) is 19.2 Å². The Kier molecular flexibility index (Phi) is 4.40. The molecule has 0 saturated heterocycles. The van der Waals surface area contributed by atoms with Crippen LogP contribution in [-0.4, -0.2) is 32.7 Å². The summed E-state index contributed by atoms with van der Waals surface area (Å²) in [5.74, 6) is 3.69. The number of aromatic nitrogens is 4. The zero-order valence-electron chi connectivity index (χ0n) is 11.9. The predicted octanol–water partition coefficient (Wildman–Crippen LogP) is 3.50. The van der Waals surface area contributed by atoms with Crippen molar-refractivity contribution in [3.63, 3.8) is 0 Å². The first kappa shape index (κ1) is 14.3. The van der Waals surface area contributed by atoms with Crippen LogP contribution in [-0.2, 0) is 5.75 Å². The van der Waals surface area contributed by atoms with Gasteiger partial charge in [0.2, 0.25) is 4.96 Å². The molecule has 0 spiro atoms. The van der Waals surface area contributed by atoms with Crippen LogP contribution in [0.4, 0.5) is 0 Å². The summed E-state index contributed by atoms with van der Waals surface area (Å²) in [5, 5.41) is 14.0. The molecule has 0 amide bonds. The van der Waals surface area contributed by atoms with Crippen LogP contribution in [0.2, 0.25) is 0 Å². The molecule has 110 valence electrons. The van der Waals surface area contributed by atoms with E-state index in [2.05, 4.69) is 22.2 Å². The smallest absolute Gasteiger partial charge is 0.235 e. The van der Waals surface area contributed by atoms with E-state index in [4.69, 9.17) is 4.74 Å². The van der Waals surface area contributed by atoms with E-state index in [1.807, 2.05) is 40.5 Å². The zero-order chi connectivity index (χ0) is 14.7. The molecule has 3 aromatic rings. The van der Waals surface area contributed by atoms with E-state index in [1.165, 1.54) is 11.3 Å². The molecule has 0 unspecified atom stereocenters. The van der Waals surface area contributed by atoms with Gasteiger partial charge in [0.05, 0.1) is 18.4 Å². The lowest BCUT2D eigenvalue weighted by atomic mass is 10.2. The molecule has 0 saturated carbocycles. The van der Waals surface area contributed by atoms with Gasteiger partial charge in [-0.25, -0.2) is 0 Å². The van der Waals surface area contributed by atoms with E-state index >= 15 is 0 Å². The average Bonchev–Trinajstić information content (AvgIpc) is 3.09. The molecule has 0 fully saturated rings. The standard InChI is InChI=1S/C14H16N4OS2/c1-3-8-20-9-12-15-16-14-18(12)17-13(21-14)10-6-4-5-7-11(10)19-2/h4-7H,3,8-9H2,1-2H3. The van der Waals surface area contributed by atoms with Gasteiger partial charge in [-0.1, -0.05) is 30.4 Å². The van der Waals surface area contributed by atoms with Crippen LogP contribution >= 0.6 is 23.1 Å². The third kappa shape index (κ3) is 2.89. The van der Waals surface area contributed by atoms with Gasteiger partial charge in [0.25, 0.3) is 0 Å². The number of methoxy groups -OCH3 is 1. The van der Waals surface area contributed by atoms with Gasteiger partial charge in [0, 0.05) is 0 Å². The molecule has 0 aliphatic rings. The Morgan fingerprint density at radius 2 is 2.14 bits per heavy atom. The van der Waals surface area contributed by atoms with E-state index in [-0.39, 0.29) is 0 Å². The van der Waals surface area contributed by atoms with Crippen LogP contribution < -0.4 is 4.74 Å². The molecule has 3 rings (SSSR count). The minimum absolute atomic E-state index is 0.822. The number of hydrogen-bond acceptors (Lipinski definition) is 6. The molecule has 2 heterocycles. The number of nitrogens with zero attached hydrogens (tertiary/aromatic N) is 4. The quantitative estimate of drug-likeness (QED) is 0.651. The van der Waals surface area contributed by atoms with Crippen molar-refractivity contribution in [2.24, 2.45) is 0 Å². The lowest BCUT2D eigenvalue weighted by molar-refractivity contribution is 0.416. The van der Waals surface area contributed by atoms with Gasteiger partial charge in [-0.15, -0.1) is 10.2 Å². The fraction of sp³-hybridized carbons (Fsp3) is 0.357. The van der Waals surface area contributed by atoms with Crippen molar-refractivity contribution in [2.45, 2.75) is 19.1 Å². The Morgan fingerprint density at radius 3 is 2.95 bits per heavy atom. The molecule has 1 aromatic carbocycles. The molecular weight excluding hydrogens is 304 g/mol. The maximum Gasteiger partial charge on any atom is 0.235 e. The molecule has 2 aromatic heterocycles. The van der Waals surface area contributed by atoms with Crippen LogP contribution in [0.15, 0.2) is 24.3 Å². The van der Waals surface area contributed by atoms with Crippen LogP contribution in [0.5, 0.6) is 5.75 Å². The second-order valence-electron chi connectivity index (χ2n) is 4.47. The second-order valence-corrected chi connectivity index (χ2v) is 6.53. The molecule has 5 nitrogen and oxygen atoms in total.